The van der Waals surface area contributed by atoms with E-state index in [2.05, 4.69) is 9.97 Å². The van der Waals surface area contributed by atoms with Crippen molar-refractivity contribution in [2.75, 3.05) is 0 Å². The van der Waals surface area contributed by atoms with Crippen LogP contribution in [-0.4, -0.2) is 15.8 Å². The summed E-state index contributed by atoms with van der Waals surface area (Å²) in [4.78, 5) is 17.6. The Labute approximate surface area is 52.8 Å². The molecule has 0 saturated heterocycles. The highest BCUT2D eigenvalue weighted by atomic mass is 16.1. The molecule has 0 amide bonds. The van der Waals surface area contributed by atoms with Crippen LogP contribution in [-0.2, 0) is 0 Å². The molecule has 0 atom stereocenters. The maximum Gasteiger partial charge on any atom is 0.187 e. The van der Waals surface area contributed by atoms with Gasteiger partial charge in [-0.15, -0.1) is 0 Å². The number of ketones is 1. The van der Waals surface area contributed by atoms with Crippen LogP contribution in [0, 0.1) is 6.92 Å². The minimum Gasteiger partial charge on any atom is -0.292 e. The number of carbonyl (C=O) groups is 1. The highest BCUT2D eigenvalue weighted by molar-refractivity contribution is 5.97. The summed E-state index contributed by atoms with van der Waals surface area (Å²) < 4.78 is 0. The van der Waals surface area contributed by atoms with E-state index in [4.69, 9.17) is 6.92 Å². The van der Waals surface area contributed by atoms with E-state index in [1.807, 2.05) is 0 Å². The number of hydrogen-bond donors (Lipinski definition) is 0. The van der Waals surface area contributed by atoms with Gasteiger partial charge in [-0.25, -0.2) is 4.98 Å². The Bertz CT molecular complexity index is 208. The van der Waals surface area contributed by atoms with Crippen LogP contribution in [0.3, 0.4) is 0 Å². The first-order valence-corrected chi connectivity index (χ1v) is 2.36. The third-order valence-electron chi connectivity index (χ3n) is 0.816. The van der Waals surface area contributed by atoms with Gasteiger partial charge in [-0.2, -0.15) is 0 Å². The van der Waals surface area contributed by atoms with E-state index in [-0.39, 0.29) is 5.69 Å². The van der Waals surface area contributed by atoms with Crippen molar-refractivity contribution in [1.82, 2.24) is 9.97 Å². The van der Waals surface area contributed by atoms with Crippen molar-refractivity contribution in [2.45, 2.75) is 0 Å². The van der Waals surface area contributed by atoms with Crippen LogP contribution in [0.4, 0.5) is 0 Å². The molecule has 0 aromatic carbocycles. The first-order chi connectivity index (χ1) is 4.30. The Morgan fingerprint density at radius 1 is 1.56 bits per heavy atom. The van der Waals surface area contributed by atoms with Crippen LogP contribution in [0.2, 0.25) is 0 Å². The summed E-state index contributed by atoms with van der Waals surface area (Å²) in [6.45, 7) is 4.87. The second-order valence-electron chi connectivity index (χ2n) is 1.45. The molecule has 1 aromatic heterocycles. The third kappa shape index (κ3) is 1.32. The molecule has 0 bridgehead atoms. The minimum atomic E-state index is -0.553. The summed E-state index contributed by atoms with van der Waals surface area (Å²) in [5.74, 6) is -0.553. The van der Waals surface area contributed by atoms with E-state index in [1.165, 1.54) is 18.6 Å². The van der Waals surface area contributed by atoms with Gasteiger partial charge in [-0.1, -0.05) is 0 Å². The lowest BCUT2D eigenvalue weighted by Crippen LogP contribution is -1.95. The van der Waals surface area contributed by atoms with Crippen LogP contribution >= 0.6 is 0 Å². The average molecular weight is 120 g/mol. The van der Waals surface area contributed by atoms with Gasteiger partial charge in [0.05, 0.1) is 6.20 Å². The summed E-state index contributed by atoms with van der Waals surface area (Å²) in [5, 5.41) is 0. The number of nitrogens with zero attached hydrogens (tertiary/aromatic N) is 2. The maximum atomic E-state index is 10.3. The number of Topliss-reactive ketones (excluding diaryl/α,β-unsaturated/α-hetero) is 1. The zero-order chi connectivity index (χ0) is 6.69. The fraction of sp³-hybridized carbons (Fsp3) is 0. The Morgan fingerprint density at radius 2 is 2.33 bits per heavy atom. The van der Waals surface area contributed by atoms with Crippen molar-refractivity contribution >= 4 is 5.78 Å². The molecule has 0 fully saturated rings. The predicted octanol–water partition coefficient (Wildman–Crippen LogP) is 0.370. The average Bonchev–Trinajstić information content (AvgIpc) is 1.90. The first kappa shape index (κ1) is 5.88. The van der Waals surface area contributed by atoms with E-state index in [0.717, 1.165) is 0 Å². The van der Waals surface area contributed by atoms with Gasteiger partial charge in [0.1, 0.15) is 5.69 Å². The molecule has 1 heterocycles. The maximum absolute atomic E-state index is 10.3. The molecular formula is C6H4N2O. The molecule has 0 unspecified atom stereocenters. The summed E-state index contributed by atoms with van der Waals surface area (Å²) in [7, 11) is 0. The molecule has 0 N–H and O–H groups in total. The van der Waals surface area contributed by atoms with Crippen molar-refractivity contribution < 1.29 is 4.79 Å². The molecule has 0 saturated carbocycles. The second-order valence-corrected chi connectivity index (χ2v) is 1.45. The number of aromatic nitrogens is 2. The Morgan fingerprint density at radius 3 is 2.67 bits per heavy atom. The molecule has 0 aliphatic carbocycles. The molecule has 1 rings (SSSR count). The Hall–Kier alpha value is -1.25. The molecule has 1 aromatic rings. The van der Waals surface area contributed by atoms with E-state index >= 15 is 0 Å². The molecule has 0 aliphatic heterocycles. The van der Waals surface area contributed by atoms with Crippen LogP contribution in [0.15, 0.2) is 18.6 Å². The largest absolute Gasteiger partial charge is 0.292 e. The molecule has 0 aliphatic rings. The monoisotopic (exact) mass is 120 g/mol. The van der Waals surface area contributed by atoms with Crippen molar-refractivity contribution in [3.05, 3.63) is 31.2 Å². The van der Waals surface area contributed by atoms with Gasteiger partial charge in [-0.3, -0.25) is 9.78 Å². The summed E-state index contributed by atoms with van der Waals surface area (Å²) in [6.07, 6.45) is 4.22. The topological polar surface area (TPSA) is 42.9 Å². The smallest absolute Gasteiger partial charge is 0.187 e. The SMILES string of the molecule is [CH]C(=O)c1cnccn1. The molecular weight excluding hydrogens is 116 g/mol. The standard InChI is InChI=1S/C6H4N2O/c1-5(9)6-4-7-2-3-8-6/h1-4H. The first-order valence-electron chi connectivity index (χ1n) is 2.36. The van der Waals surface area contributed by atoms with E-state index < -0.39 is 5.78 Å². The van der Waals surface area contributed by atoms with Gasteiger partial charge in [0.2, 0.25) is 0 Å². The summed E-state index contributed by atoms with van der Waals surface area (Å²) in [6, 6.07) is 0. The fourth-order valence-electron chi connectivity index (χ4n) is 0.426. The van der Waals surface area contributed by atoms with Crippen molar-refractivity contribution in [3.63, 3.8) is 0 Å². The van der Waals surface area contributed by atoms with Crippen LogP contribution < -0.4 is 0 Å². The van der Waals surface area contributed by atoms with Gasteiger partial charge in [0.15, 0.2) is 5.78 Å². The van der Waals surface area contributed by atoms with Crippen molar-refractivity contribution in [3.8, 4) is 0 Å². The lowest BCUT2D eigenvalue weighted by atomic mass is 10.3. The summed E-state index contributed by atoms with van der Waals surface area (Å²) >= 11 is 0. The normalized spacial score (nSPS) is 9.00. The molecule has 3 nitrogen and oxygen atoms in total. The fourth-order valence-corrected chi connectivity index (χ4v) is 0.426. The Balaban J connectivity index is 2.98. The second kappa shape index (κ2) is 2.35. The van der Waals surface area contributed by atoms with Gasteiger partial charge in [0.25, 0.3) is 0 Å². The van der Waals surface area contributed by atoms with E-state index in [0.29, 0.717) is 0 Å². The molecule has 3 heteroatoms. The quantitative estimate of drug-likeness (QED) is 0.503. The van der Waals surface area contributed by atoms with Gasteiger partial charge >= 0.3 is 0 Å². The Kier molecular flexibility index (Phi) is 1.53. The zero-order valence-electron chi connectivity index (χ0n) is 4.61. The van der Waals surface area contributed by atoms with Crippen LogP contribution in [0.5, 0.6) is 0 Å². The predicted molar refractivity (Wildman–Crippen MR) is 30.7 cm³/mol. The van der Waals surface area contributed by atoms with Crippen molar-refractivity contribution in [2.24, 2.45) is 0 Å². The molecule has 2 radical (unpaired) electrons. The van der Waals surface area contributed by atoms with Gasteiger partial charge in [0, 0.05) is 19.3 Å². The minimum absolute atomic E-state index is 0.192. The van der Waals surface area contributed by atoms with Crippen molar-refractivity contribution in [1.29, 1.82) is 0 Å². The van der Waals surface area contributed by atoms with Crippen LogP contribution in [0.25, 0.3) is 0 Å². The van der Waals surface area contributed by atoms with E-state index in [9.17, 15) is 4.79 Å². The highest BCUT2D eigenvalue weighted by Crippen LogP contribution is 1.88. The van der Waals surface area contributed by atoms with Gasteiger partial charge < -0.3 is 0 Å². The van der Waals surface area contributed by atoms with Crippen LogP contribution in [0.1, 0.15) is 10.5 Å². The number of hydrogen-bond acceptors (Lipinski definition) is 3. The van der Waals surface area contributed by atoms with E-state index in [1.54, 1.807) is 0 Å². The highest BCUT2D eigenvalue weighted by Gasteiger charge is 1.96. The number of carbonyl (C=O) groups excluding carboxylic acids is 1. The third-order valence-corrected chi connectivity index (χ3v) is 0.816. The summed E-state index contributed by atoms with van der Waals surface area (Å²) in [5.41, 5.74) is 0.192. The molecule has 0 spiro atoms. The lowest BCUT2D eigenvalue weighted by Gasteiger charge is -1.87. The number of rotatable bonds is 1. The molecule has 44 valence electrons. The zero-order valence-corrected chi connectivity index (χ0v) is 4.61. The lowest BCUT2D eigenvalue weighted by molar-refractivity contribution is 0.103. The molecule has 9 heavy (non-hydrogen) atoms. The van der Waals surface area contributed by atoms with Gasteiger partial charge in [-0.05, 0) is 0 Å².